The first-order valence-corrected chi connectivity index (χ1v) is 5.97. The summed E-state index contributed by atoms with van der Waals surface area (Å²) in [6, 6.07) is 3.72. The number of hydrogen-bond donors (Lipinski definition) is 0. The Morgan fingerprint density at radius 1 is 1.29 bits per heavy atom. The summed E-state index contributed by atoms with van der Waals surface area (Å²) in [5, 5.41) is 0.229. The Balaban J connectivity index is 2.55. The molecule has 0 aliphatic heterocycles. The maximum absolute atomic E-state index is 5.83. The number of rotatable bonds is 1. The molecular formula is C8H3BrCl2N2S. The van der Waals surface area contributed by atoms with Crippen LogP contribution in [0.4, 0.5) is 0 Å². The average molecular weight is 310 g/mol. The molecular weight excluding hydrogens is 307 g/mol. The second-order valence-electron chi connectivity index (χ2n) is 2.44. The fourth-order valence-corrected chi connectivity index (χ4v) is 2.68. The summed E-state index contributed by atoms with van der Waals surface area (Å²) in [6.07, 6.45) is 1.62. The van der Waals surface area contributed by atoms with E-state index in [1.807, 2.05) is 12.1 Å². The highest BCUT2D eigenvalue weighted by molar-refractivity contribution is 9.10. The summed E-state index contributed by atoms with van der Waals surface area (Å²) in [4.78, 5) is 8.93. The lowest BCUT2D eigenvalue weighted by molar-refractivity contribution is 1.16. The van der Waals surface area contributed by atoms with Crippen molar-refractivity contribution in [1.29, 1.82) is 0 Å². The molecule has 2 heterocycles. The van der Waals surface area contributed by atoms with Crippen molar-refractivity contribution in [2.24, 2.45) is 0 Å². The van der Waals surface area contributed by atoms with Crippen molar-refractivity contribution in [2.45, 2.75) is 0 Å². The summed E-state index contributed by atoms with van der Waals surface area (Å²) in [5.41, 5.74) is 0.766. The first kappa shape index (κ1) is 10.4. The predicted molar refractivity (Wildman–Crippen MR) is 63.1 cm³/mol. The molecule has 6 heteroatoms. The van der Waals surface area contributed by atoms with Crippen LogP contribution in [0, 0.1) is 0 Å². The van der Waals surface area contributed by atoms with Crippen LogP contribution in [0.5, 0.6) is 0 Å². The fraction of sp³-hybridized carbons (Fsp3) is 0. The van der Waals surface area contributed by atoms with Crippen molar-refractivity contribution >= 4 is 50.5 Å². The minimum atomic E-state index is 0.229. The second-order valence-corrected chi connectivity index (χ2v) is 5.35. The highest BCUT2D eigenvalue weighted by Crippen LogP contribution is 2.34. The standard InChI is InChI=1S/C8H3BrCl2N2S/c9-4-3-12-8(11)13-7(4)5-1-2-6(10)14-5/h1-3H. The molecule has 0 bridgehead atoms. The van der Waals surface area contributed by atoms with E-state index in [0.29, 0.717) is 0 Å². The molecule has 0 saturated heterocycles. The summed E-state index contributed by atoms with van der Waals surface area (Å²) in [7, 11) is 0. The lowest BCUT2D eigenvalue weighted by atomic mass is 10.3. The molecule has 14 heavy (non-hydrogen) atoms. The number of halogens is 3. The third-order valence-electron chi connectivity index (χ3n) is 1.52. The quantitative estimate of drug-likeness (QED) is 0.735. The van der Waals surface area contributed by atoms with Gasteiger partial charge in [-0.3, -0.25) is 0 Å². The Bertz CT molecular complexity index is 472. The van der Waals surface area contributed by atoms with Gasteiger partial charge in [0.15, 0.2) is 0 Å². The van der Waals surface area contributed by atoms with Crippen LogP contribution >= 0.6 is 50.5 Å². The van der Waals surface area contributed by atoms with Crippen molar-refractivity contribution < 1.29 is 0 Å². The topological polar surface area (TPSA) is 25.8 Å². The summed E-state index contributed by atoms with van der Waals surface area (Å²) in [6.45, 7) is 0. The zero-order valence-electron chi connectivity index (χ0n) is 6.67. The van der Waals surface area contributed by atoms with E-state index in [-0.39, 0.29) is 5.28 Å². The Morgan fingerprint density at radius 3 is 2.71 bits per heavy atom. The van der Waals surface area contributed by atoms with Crippen LogP contribution in [0.25, 0.3) is 10.6 Å². The molecule has 0 aliphatic rings. The predicted octanol–water partition coefficient (Wildman–Crippen LogP) is 4.27. The van der Waals surface area contributed by atoms with Gasteiger partial charge in [0.05, 0.1) is 19.4 Å². The minimum absolute atomic E-state index is 0.229. The van der Waals surface area contributed by atoms with Gasteiger partial charge in [0.2, 0.25) is 5.28 Å². The lowest BCUT2D eigenvalue weighted by Crippen LogP contribution is -1.86. The van der Waals surface area contributed by atoms with E-state index < -0.39 is 0 Å². The molecule has 2 aromatic rings. The molecule has 0 aliphatic carbocycles. The molecule has 2 nitrogen and oxygen atoms in total. The Morgan fingerprint density at radius 2 is 2.07 bits per heavy atom. The lowest BCUT2D eigenvalue weighted by Gasteiger charge is -1.99. The molecule has 0 N–H and O–H groups in total. The Hall–Kier alpha value is -0.160. The van der Waals surface area contributed by atoms with Crippen LogP contribution in [0.15, 0.2) is 22.8 Å². The zero-order chi connectivity index (χ0) is 10.1. The molecule has 2 rings (SSSR count). The van der Waals surface area contributed by atoms with Crippen LogP contribution < -0.4 is 0 Å². The van der Waals surface area contributed by atoms with Crippen molar-refractivity contribution in [3.8, 4) is 10.6 Å². The summed E-state index contributed by atoms with van der Waals surface area (Å²) in [5.74, 6) is 0. The Kier molecular flexibility index (Phi) is 3.07. The van der Waals surface area contributed by atoms with Crippen LogP contribution in [0.1, 0.15) is 0 Å². The van der Waals surface area contributed by atoms with E-state index in [9.17, 15) is 0 Å². The maximum Gasteiger partial charge on any atom is 0.222 e. The zero-order valence-corrected chi connectivity index (χ0v) is 10.6. The third kappa shape index (κ3) is 2.08. The molecule has 0 amide bonds. The van der Waals surface area contributed by atoms with Gasteiger partial charge in [0.1, 0.15) is 0 Å². The minimum Gasteiger partial charge on any atom is -0.225 e. The van der Waals surface area contributed by atoms with E-state index in [4.69, 9.17) is 23.2 Å². The second kappa shape index (κ2) is 4.14. The van der Waals surface area contributed by atoms with Gasteiger partial charge < -0.3 is 0 Å². The van der Waals surface area contributed by atoms with Crippen molar-refractivity contribution in [1.82, 2.24) is 9.97 Å². The van der Waals surface area contributed by atoms with Crippen molar-refractivity contribution in [3.63, 3.8) is 0 Å². The first-order chi connectivity index (χ1) is 6.66. The van der Waals surface area contributed by atoms with Gasteiger partial charge in [-0.1, -0.05) is 11.6 Å². The summed E-state index contributed by atoms with van der Waals surface area (Å²) >= 11 is 16.3. The van der Waals surface area contributed by atoms with Crippen LogP contribution in [0.2, 0.25) is 9.62 Å². The van der Waals surface area contributed by atoms with E-state index in [0.717, 1.165) is 19.4 Å². The highest BCUT2D eigenvalue weighted by Gasteiger charge is 2.08. The Labute approximate surface area is 103 Å². The first-order valence-electron chi connectivity index (χ1n) is 3.60. The van der Waals surface area contributed by atoms with E-state index >= 15 is 0 Å². The van der Waals surface area contributed by atoms with Gasteiger partial charge in [-0.05, 0) is 39.7 Å². The molecule has 2 aromatic heterocycles. The number of hydrogen-bond acceptors (Lipinski definition) is 3. The molecule has 0 spiro atoms. The van der Waals surface area contributed by atoms with E-state index in [1.165, 1.54) is 11.3 Å². The van der Waals surface area contributed by atoms with Crippen LogP contribution in [-0.2, 0) is 0 Å². The van der Waals surface area contributed by atoms with Gasteiger partial charge in [0.25, 0.3) is 0 Å². The fourth-order valence-electron chi connectivity index (χ4n) is 0.960. The van der Waals surface area contributed by atoms with Gasteiger partial charge >= 0.3 is 0 Å². The monoisotopic (exact) mass is 308 g/mol. The normalized spacial score (nSPS) is 10.5. The van der Waals surface area contributed by atoms with Crippen LogP contribution in [0.3, 0.4) is 0 Å². The van der Waals surface area contributed by atoms with Gasteiger partial charge in [-0.15, -0.1) is 11.3 Å². The molecule has 0 fully saturated rings. The van der Waals surface area contributed by atoms with Crippen molar-refractivity contribution in [3.05, 3.63) is 32.4 Å². The van der Waals surface area contributed by atoms with Crippen LogP contribution in [-0.4, -0.2) is 9.97 Å². The average Bonchev–Trinajstić information content (AvgIpc) is 2.56. The highest BCUT2D eigenvalue weighted by atomic mass is 79.9. The van der Waals surface area contributed by atoms with Gasteiger partial charge in [-0.2, -0.15) is 0 Å². The van der Waals surface area contributed by atoms with Crippen molar-refractivity contribution in [2.75, 3.05) is 0 Å². The largest absolute Gasteiger partial charge is 0.225 e. The number of thiophene rings is 1. The molecule has 0 saturated carbocycles. The number of nitrogens with zero attached hydrogens (tertiary/aromatic N) is 2. The van der Waals surface area contributed by atoms with Gasteiger partial charge in [0, 0.05) is 6.20 Å². The number of aromatic nitrogens is 2. The SMILES string of the molecule is Clc1ncc(Br)c(-c2ccc(Cl)s2)n1. The maximum atomic E-state index is 5.83. The molecule has 0 atom stereocenters. The molecule has 72 valence electrons. The smallest absolute Gasteiger partial charge is 0.222 e. The summed E-state index contributed by atoms with van der Waals surface area (Å²) < 4.78 is 1.53. The van der Waals surface area contributed by atoms with Gasteiger partial charge in [-0.25, -0.2) is 9.97 Å². The van der Waals surface area contributed by atoms with E-state index in [2.05, 4.69) is 25.9 Å². The molecule has 0 unspecified atom stereocenters. The third-order valence-corrected chi connectivity index (χ3v) is 3.52. The molecule has 0 radical (unpaired) electrons. The molecule has 0 aromatic carbocycles. The van der Waals surface area contributed by atoms with E-state index in [1.54, 1.807) is 6.20 Å².